The van der Waals surface area contributed by atoms with E-state index in [-0.39, 0.29) is 0 Å². The van der Waals surface area contributed by atoms with Gasteiger partial charge < -0.3 is 15.4 Å². The van der Waals surface area contributed by atoms with Gasteiger partial charge in [-0.3, -0.25) is 0 Å². The summed E-state index contributed by atoms with van der Waals surface area (Å²) >= 11 is 7.87. The second kappa shape index (κ2) is 7.45. The molecule has 2 heterocycles. The van der Waals surface area contributed by atoms with E-state index in [1.807, 2.05) is 11.8 Å². The molecule has 2 N–H and O–H groups in total. The topological polar surface area (TPSA) is 63.7 Å². The zero-order valence-corrected chi connectivity index (χ0v) is 12.2. The van der Waals surface area contributed by atoms with Crippen LogP contribution in [0.3, 0.4) is 0 Å². The van der Waals surface area contributed by atoms with Gasteiger partial charge in [0.15, 0.2) is 5.96 Å². The number of nitrogens with zero attached hydrogens (tertiary/aromatic N) is 3. The zero-order valence-electron chi connectivity index (χ0n) is 10.6. The Labute approximate surface area is 122 Å². The number of nitrogens with two attached hydrogens (primary N) is 1. The van der Waals surface area contributed by atoms with E-state index in [9.17, 15) is 0 Å². The van der Waals surface area contributed by atoms with Crippen molar-refractivity contribution in [2.24, 2.45) is 10.7 Å². The van der Waals surface area contributed by atoms with Gasteiger partial charge in [0.2, 0.25) is 5.88 Å². The van der Waals surface area contributed by atoms with E-state index in [0.717, 1.165) is 24.6 Å². The number of rotatable bonds is 4. The van der Waals surface area contributed by atoms with Crippen LogP contribution in [0.4, 0.5) is 0 Å². The first kappa shape index (κ1) is 14.3. The standard InChI is InChI=1S/C12H17ClN4OS/c13-10-2-1-3-15-11(10)18-7-4-16-12(14)17-5-8-19-9-6-17/h1-3H,4-9H2,(H2,14,16). The van der Waals surface area contributed by atoms with Gasteiger partial charge in [-0.25, -0.2) is 9.98 Å². The highest BCUT2D eigenvalue weighted by Crippen LogP contribution is 2.19. The lowest BCUT2D eigenvalue weighted by atomic mass is 10.5. The minimum absolute atomic E-state index is 0.417. The first-order valence-electron chi connectivity index (χ1n) is 6.13. The molecule has 0 radical (unpaired) electrons. The molecule has 1 aromatic heterocycles. The molecule has 1 fully saturated rings. The lowest BCUT2D eigenvalue weighted by Gasteiger charge is -2.27. The van der Waals surface area contributed by atoms with Crippen LogP contribution >= 0.6 is 23.4 Å². The first-order chi connectivity index (χ1) is 9.27. The third kappa shape index (κ3) is 4.47. The van der Waals surface area contributed by atoms with Gasteiger partial charge in [-0.05, 0) is 12.1 Å². The van der Waals surface area contributed by atoms with Crippen LogP contribution in [0, 0.1) is 0 Å². The summed E-state index contributed by atoms with van der Waals surface area (Å²) in [5.74, 6) is 3.25. The van der Waals surface area contributed by atoms with Crippen molar-refractivity contribution in [1.82, 2.24) is 9.88 Å². The zero-order chi connectivity index (χ0) is 13.5. The molecule has 1 saturated heterocycles. The quantitative estimate of drug-likeness (QED) is 0.518. The highest BCUT2D eigenvalue weighted by Gasteiger charge is 2.11. The third-order valence-electron chi connectivity index (χ3n) is 2.66. The van der Waals surface area contributed by atoms with Crippen LogP contribution in [0.1, 0.15) is 0 Å². The molecule has 1 aliphatic rings. The van der Waals surface area contributed by atoms with Crippen molar-refractivity contribution in [3.8, 4) is 5.88 Å². The smallest absolute Gasteiger partial charge is 0.232 e. The second-order valence-corrected chi connectivity index (χ2v) is 5.61. The van der Waals surface area contributed by atoms with Crippen molar-refractivity contribution >= 4 is 29.3 Å². The number of ether oxygens (including phenoxy) is 1. The summed E-state index contributed by atoms with van der Waals surface area (Å²) in [6.07, 6.45) is 1.64. The molecule has 7 heteroatoms. The van der Waals surface area contributed by atoms with Gasteiger partial charge in [-0.15, -0.1) is 0 Å². The van der Waals surface area contributed by atoms with Crippen molar-refractivity contribution in [1.29, 1.82) is 0 Å². The Balaban J connectivity index is 1.75. The monoisotopic (exact) mass is 300 g/mol. The molecule has 0 unspecified atom stereocenters. The molecule has 5 nitrogen and oxygen atoms in total. The van der Waals surface area contributed by atoms with E-state index in [1.165, 1.54) is 0 Å². The van der Waals surface area contributed by atoms with E-state index >= 15 is 0 Å². The van der Waals surface area contributed by atoms with Crippen LogP contribution in [0.2, 0.25) is 5.02 Å². The van der Waals surface area contributed by atoms with Gasteiger partial charge in [0.1, 0.15) is 11.6 Å². The average Bonchev–Trinajstić information content (AvgIpc) is 2.46. The molecule has 0 aliphatic carbocycles. The van der Waals surface area contributed by atoms with E-state index in [4.69, 9.17) is 22.1 Å². The lowest BCUT2D eigenvalue weighted by molar-refractivity contribution is 0.315. The summed E-state index contributed by atoms with van der Waals surface area (Å²) < 4.78 is 5.45. The van der Waals surface area contributed by atoms with E-state index in [1.54, 1.807) is 18.3 Å². The third-order valence-corrected chi connectivity index (χ3v) is 3.89. The van der Waals surface area contributed by atoms with Crippen LogP contribution in [-0.2, 0) is 0 Å². The highest BCUT2D eigenvalue weighted by atomic mass is 35.5. The average molecular weight is 301 g/mol. The maximum Gasteiger partial charge on any atom is 0.232 e. The van der Waals surface area contributed by atoms with E-state index in [2.05, 4.69) is 14.9 Å². The number of hydrogen-bond donors (Lipinski definition) is 1. The summed E-state index contributed by atoms with van der Waals surface area (Å²) in [6.45, 7) is 2.85. The van der Waals surface area contributed by atoms with Crippen molar-refractivity contribution in [3.63, 3.8) is 0 Å². The molecule has 0 saturated carbocycles. The van der Waals surface area contributed by atoms with Gasteiger partial charge in [-0.2, -0.15) is 11.8 Å². The fourth-order valence-corrected chi connectivity index (χ4v) is 2.75. The Bertz CT molecular complexity index is 437. The molecular weight excluding hydrogens is 284 g/mol. The van der Waals surface area contributed by atoms with E-state index < -0.39 is 0 Å². The Kier molecular flexibility index (Phi) is 5.60. The molecule has 19 heavy (non-hydrogen) atoms. The Morgan fingerprint density at radius 3 is 3.05 bits per heavy atom. The van der Waals surface area contributed by atoms with Crippen molar-refractivity contribution in [3.05, 3.63) is 23.4 Å². The number of hydrogen-bond acceptors (Lipinski definition) is 4. The lowest BCUT2D eigenvalue weighted by Crippen LogP contribution is -2.42. The molecular formula is C12H17ClN4OS. The largest absolute Gasteiger partial charge is 0.475 e. The van der Waals surface area contributed by atoms with Gasteiger partial charge >= 0.3 is 0 Å². The highest BCUT2D eigenvalue weighted by molar-refractivity contribution is 7.99. The Morgan fingerprint density at radius 1 is 1.53 bits per heavy atom. The molecule has 0 aromatic carbocycles. The Hall–Kier alpha value is -1.14. The van der Waals surface area contributed by atoms with Gasteiger partial charge in [0.05, 0.1) is 6.54 Å². The molecule has 2 rings (SSSR count). The minimum Gasteiger partial charge on any atom is -0.475 e. The van der Waals surface area contributed by atoms with Gasteiger partial charge in [-0.1, -0.05) is 11.6 Å². The van der Waals surface area contributed by atoms with Gasteiger partial charge in [0.25, 0.3) is 0 Å². The second-order valence-electron chi connectivity index (χ2n) is 3.98. The summed E-state index contributed by atoms with van der Waals surface area (Å²) in [7, 11) is 0. The van der Waals surface area contributed by atoms with Crippen molar-refractivity contribution < 1.29 is 4.74 Å². The van der Waals surface area contributed by atoms with Gasteiger partial charge in [0, 0.05) is 30.8 Å². The van der Waals surface area contributed by atoms with Crippen molar-refractivity contribution in [2.45, 2.75) is 0 Å². The summed E-state index contributed by atoms with van der Waals surface area (Å²) in [4.78, 5) is 10.4. The number of thioether (sulfide) groups is 1. The van der Waals surface area contributed by atoms with E-state index in [0.29, 0.717) is 30.0 Å². The molecule has 0 spiro atoms. The number of aromatic nitrogens is 1. The van der Waals surface area contributed by atoms with Crippen LogP contribution in [0.25, 0.3) is 0 Å². The van der Waals surface area contributed by atoms with Crippen LogP contribution < -0.4 is 10.5 Å². The predicted octanol–water partition coefficient (Wildman–Crippen LogP) is 1.48. The maximum atomic E-state index is 5.93. The normalized spacial score (nSPS) is 16.5. The maximum absolute atomic E-state index is 5.93. The molecule has 0 amide bonds. The SMILES string of the molecule is NC(=NCCOc1ncccc1Cl)N1CCSCC1. The molecule has 0 atom stereocenters. The molecule has 1 aliphatic heterocycles. The van der Waals surface area contributed by atoms with Crippen LogP contribution in [-0.4, -0.2) is 53.6 Å². The number of halogens is 1. The summed E-state index contributed by atoms with van der Waals surface area (Å²) in [6, 6.07) is 3.51. The summed E-state index contributed by atoms with van der Waals surface area (Å²) in [5.41, 5.74) is 5.93. The minimum atomic E-state index is 0.417. The fraction of sp³-hybridized carbons (Fsp3) is 0.500. The predicted molar refractivity (Wildman–Crippen MR) is 80.1 cm³/mol. The Morgan fingerprint density at radius 2 is 2.32 bits per heavy atom. The van der Waals surface area contributed by atoms with Crippen molar-refractivity contribution in [2.75, 3.05) is 37.7 Å². The molecule has 0 bridgehead atoms. The number of guanidine groups is 1. The van der Waals surface area contributed by atoms with Crippen LogP contribution in [0.5, 0.6) is 5.88 Å². The number of pyridine rings is 1. The molecule has 104 valence electrons. The first-order valence-corrected chi connectivity index (χ1v) is 7.66. The van der Waals surface area contributed by atoms with Crippen LogP contribution in [0.15, 0.2) is 23.3 Å². The fourth-order valence-electron chi connectivity index (χ4n) is 1.67. The summed E-state index contributed by atoms with van der Waals surface area (Å²) in [5, 5.41) is 0.507. The number of aliphatic imine (C=N–C) groups is 1. The molecule has 1 aromatic rings.